The Bertz CT molecular complexity index is 752. The fourth-order valence-electron chi connectivity index (χ4n) is 2.19. The first kappa shape index (κ1) is 12.3. The molecule has 0 unspecified atom stereocenters. The van der Waals surface area contributed by atoms with E-state index in [2.05, 4.69) is 38.9 Å². The molecule has 0 atom stereocenters. The van der Waals surface area contributed by atoms with Crippen molar-refractivity contribution in [3.8, 4) is 17.0 Å². The molecule has 0 saturated heterocycles. The van der Waals surface area contributed by atoms with Gasteiger partial charge in [0.2, 0.25) is 0 Å². The Morgan fingerprint density at radius 1 is 1.16 bits per heavy atom. The normalized spacial score (nSPS) is 10.8. The van der Waals surface area contributed by atoms with Crippen molar-refractivity contribution in [2.45, 2.75) is 0 Å². The number of aromatic nitrogens is 2. The van der Waals surface area contributed by atoms with E-state index >= 15 is 0 Å². The summed E-state index contributed by atoms with van der Waals surface area (Å²) in [6.07, 6.45) is 0. The molecule has 1 aromatic heterocycles. The van der Waals surface area contributed by atoms with Crippen molar-refractivity contribution in [1.82, 2.24) is 10.2 Å². The summed E-state index contributed by atoms with van der Waals surface area (Å²) in [6, 6.07) is 12.1. The van der Waals surface area contributed by atoms with E-state index in [0.717, 1.165) is 31.3 Å². The van der Waals surface area contributed by atoms with Crippen molar-refractivity contribution in [2.75, 3.05) is 12.8 Å². The number of nitrogens with zero attached hydrogens (tertiary/aromatic N) is 1. The molecule has 3 aromatic rings. The molecule has 0 amide bonds. The van der Waals surface area contributed by atoms with Crippen LogP contribution in [0.5, 0.6) is 5.75 Å². The van der Waals surface area contributed by atoms with Gasteiger partial charge in [-0.25, -0.2) is 0 Å². The number of fused-ring (bicyclic) bond motifs is 1. The van der Waals surface area contributed by atoms with Crippen LogP contribution >= 0.6 is 22.6 Å². The van der Waals surface area contributed by atoms with Gasteiger partial charge in [-0.1, -0.05) is 24.3 Å². The maximum atomic E-state index is 5.80. The summed E-state index contributed by atoms with van der Waals surface area (Å²) >= 11 is 2.20. The minimum atomic E-state index is 0.524. The Kier molecular flexibility index (Phi) is 3.06. The van der Waals surface area contributed by atoms with E-state index in [4.69, 9.17) is 10.5 Å². The molecule has 3 rings (SSSR count). The van der Waals surface area contributed by atoms with Crippen molar-refractivity contribution in [2.24, 2.45) is 0 Å². The van der Waals surface area contributed by atoms with Crippen LogP contribution < -0.4 is 10.5 Å². The van der Waals surface area contributed by atoms with Gasteiger partial charge in [0, 0.05) is 10.9 Å². The second-order valence-electron chi connectivity index (χ2n) is 4.16. The summed E-state index contributed by atoms with van der Waals surface area (Å²) in [6.45, 7) is 0. The monoisotopic (exact) mass is 365 g/mol. The number of anilines is 1. The van der Waals surface area contributed by atoms with Crippen LogP contribution in [0.3, 0.4) is 0 Å². The second kappa shape index (κ2) is 4.73. The average Bonchev–Trinajstić information content (AvgIpc) is 2.78. The Hall–Kier alpha value is -1.76. The highest BCUT2D eigenvalue weighted by Gasteiger charge is 2.14. The van der Waals surface area contributed by atoms with Crippen molar-refractivity contribution in [3.63, 3.8) is 0 Å². The first-order valence-electron chi connectivity index (χ1n) is 5.78. The van der Waals surface area contributed by atoms with E-state index < -0.39 is 0 Å². The van der Waals surface area contributed by atoms with E-state index in [1.54, 1.807) is 7.11 Å². The number of nitrogens with two attached hydrogens (primary N) is 1. The van der Waals surface area contributed by atoms with Crippen LogP contribution in [0.25, 0.3) is 22.0 Å². The zero-order valence-electron chi connectivity index (χ0n) is 10.3. The molecule has 2 aromatic carbocycles. The zero-order valence-corrected chi connectivity index (χ0v) is 12.4. The van der Waals surface area contributed by atoms with Gasteiger partial charge in [0.15, 0.2) is 5.82 Å². The molecule has 0 aliphatic carbocycles. The van der Waals surface area contributed by atoms with Crippen LogP contribution in [0.4, 0.5) is 5.82 Å². The molecular formula is C14H12IN3O. The SMILES string of the molecule is COc1ccc(-c2[nH]nc(N)c2I)c2ccccc12. The number of aromatic amines is 1. The lowest BCUT2D eigenvalue weighted by molar-refractivity contribution is 0.420. The number of rotatable bonds is 2. The number of halogens is 1. The summed E-state index contributed by atoms with van der Waals surface area (Å²) in [5.41, 5.74) is 7.82. The van der Waals surface area contributed by atoms with Crippen molar-refractivity contribution in [3.05, 3.63) is 40.0 Å². The highest BCUT2D eigenvalue weighted by atomic mass is 127. The van der Waals surface area contributed by atoms with Crippen LogP contribution in [0, 0.1) is 3.57 Å². The third kappa shape index (κ3) is 1.94. The van der Waals surface area contributed by atoms with Crippen LogP contribution in [-0.4, -0.2) is 17.3 Å². The molecule has 0 saturated carbocycles. The summed E-state index contributed by atoms with van der Waals surface area (Å²) in [5.74, 6) is 1.39. The van der Waals surface area contributed by atoms with Crippen molar-refractivity contribution in [1.29, 1.82) is 0 Å². The molecule has 3 N–H and O–H groups in total. The maximum absolute atomic E-state index is 5.80. The molecule has 96 valence electrons. The minimum absolute atomic E-state index is 0.524. The minimum Gasteiger partial charge on any atom is -0.496 e. The van der Waals surface area contributed by atoms with Gasteiger partial charge in [-0.05, 0) is 40.1 Å². The lowest BCUT2D eigenvalue weighted by atomic mass is 10.0. The Labute approximate surface area is 124 Å². The van der Waals surface area contributed by atoms with Crippen LogP contribution in [0.15, 0.2) is 36.4 Å². The topological polar surface area (TPSA) is 63.9 Å². The maximum Gasteiger partial charge on any atom is 0.159 e. The molecule has 5 heteroatoms. The van der Waals surface area contributed by atoms with Gasteiger partial charge < -0.3 is 10.5 Å². The van der Waals surface area contributed by atoms with Crippen molar-refractivity contribution < 1.29 is 4.74 Å². The number of hydrogen-bond acceptors (Lipinski definition) is 3. The van der Waals surface area contributed by atoms with E-state index in [0.29, 0.717) is 5.82 Å². The highest BCUT2D eigenvalue weighted by molar-refractivity contribution is 14.1. The third-order valence-corrected chi connectivity index (χ3v) is 4.20. The number of methoxy groups -OCH3 is 1. The first-order valence-corrected chi connectivity index (χ1v) is 6.85. The molecule has 4 nitrogen and oxygen atoms in total. The van der Waals surface area contributed by atoms with Crippen LogP contribution in [0.2, 0.25) is 0 Å². The molecule has 0 aliphatic heterocycles. The van der Waals surface area contributed by atoms with Gasteiger partial charge >= 0.3 is 0 Å². The lowest BCUT2D eigenvalue weighted by Crippen LogP contribution is -1.89. The quantitative estimate of drug-likeness (QED) is 0.684. The largest absolute Gasteiger partial charge is 0.496 e. The summed E-state index contributed by atoms with van der Waals surface area (Å²) in [5, 5.41) is 9.24. The van der Waals surface area contributed by atoms with Crippen molar-refractivity contribution >= 4 is 39.2 Å². The van der Waals surface area contributed by atoms with Crippen LogP contribution in [-0.2, 0) is 0 Å². The fourth-order valence-corrected chi connectivity index (χ4v) is 2.72. The number of nitrogens with one attached hydrogen (secondary N) is 1. The predicted octanol–water partition coefficient (Wildman–Crippen LogP) is 3.43. The van der Waals surface area contributed by atoms with Gasteiger partial charge in [-0.2, -0.15) is 5.10 Å². The summed E-state index contributed by atoms with van der Waals surface area (Å²) in [7, 11) is 1.68. The number of nitrogen functional groups attached to an aromatic ring is 1. The molecule has 0 fully saturated rings. The summed E-state index contributed by atoms with van der Waals surface area (Å²) in [4.78, 5) is 0. The standard InChI is InChI=1S/C14H12IN3O/c1-19-11-7-6-10(8-4-2-3-5-9(8)11)13-12(15)14(16)18-17-13/h2-7H,1H3,(H3,16,17,18). The Morgan fingerprint density at radius 2 is 1.89 bits per heavy atom. The lowest BCUT2D eigenvalue weighted by Gasteiger charge is -2.09. The molecule has 0 spiro atoms. The number of hydrogen-bond donors (Lipinski definition) is 2. The molecule has 0 bridgehead atoms. The number of ether oxygens (including phenoxy) is 1. The first-order chi connectivity index (χ1) is 9.22. The number of H-pyrrole nitrogens is 1. The Balaban J connectivity index is 2.34. The van der Waals surface area contributed by atoms with E-state index in [-0.39, 0.29) is 0 Å². The molecule has 0 radical (unpaired) electrons. The smallest absolute Gasteiger partial charge is 0.159 e. The zero-order chi connectivity index (χ0) is 13.4. The molecular weight excluding hydrogens is 353 g/mol. The average molecular weight is 365 g/mol. The van der Waals surface area contributed by atoms with Gasteiger partial charge in [-0.15, -0.1) is 0 Å². The van der Waals surface area contributed by atoms with Gasteiger partial charge in [0.25, 0.3) is 0 Å². The van der Waals surface area contributed by atoms with Gasteiger partial charge in [-0.3, -0.25) is 5.10 Å². The van der Waals surface area contributed by atoms with Crippen LogP contribution in [0.1, 0.15) is 0 Å². The third-order valence-electron chi connectivity index (χ3n) is 3.11. The van der Waals surface area contributed by atoms with Gasteiger partial charge in [0.05, 0.1) is 16.4 Å². The molecule has 1 heterocycles. The van der Waals surface area contributed by atoms with E-state index in [1.165, 1.54) is 0 Å². The number of benzene rings is 2. The van der Waals surface area contributed by atoms with E-state index in [9.17, 15) is 0 Å². The highest BCUT2D eigenvalue weighted by Crippen LogP contribution is 2.36. The Morgan fingerprint density at radius 3 is 2.53 bits per heavy atom. The van der Waals surface area contributed by atoms with E-state index in [1.807, 2.05) is 30.3 Å². The predicted molar refractivity (Wildman–Crippen MR) is 85.2 cm³/mol. The molecule has 19 heavy (non-hydrogen) atoms. The second-order valence-corrected chi connectivity index (χ2v) is 5.24. The summed E-state index contributed by atoms with van der Waals surface area (Å²) < 4.78 is 6.34. The fraction of sp³-hybridized carbons (Fsp3) is 0.0714. The van der Waals surface area contributed by atoms with Gasteiger partial charge in [0.1, 0.15) is 5.75 Å². The molecule has 0 aliphatic rings.